The number of rotatable bonds is 4. The van der Waals surface area contributed by atoms with E-state index in [0.717, 1.165) is 11.6 Å². The predicted molar refractivity (Wildman–Crippen MR) is 80.4 cm³/mol. The lowest BCUT2D eigenvalue weighted by atomic mass is 10.2. The molecule has 0 radical (unpaired) electrons. The molecule has 110 valence electrons. The standard InChI is InChI=1S/C16H15F2NOS/c1-19(2)16(20)13-8-12(9-14(17)15(13)18)21-10-11-6-4-3-5-7-11/h3-9H,10H2,1-2H3. The Hall–Kier alpha value is -1.88. The lowest BCUT2D eigenvalue weighted by Gasteiger charge is -2.12. The number of benzene rings is 2. The van der Waals surface area contributed by atoms with Gasteiger partial charge in [-0.3, -0.25) is 4.79 Å². The Labute approximate surface area is 126 Å². The summed E-state index contributed by atoms with van der Waals surface area (Å²) in [6, 6.07) is 12.2. The Balaban J connectivity index is 2.23. The highest BCUT2D eigenvalue weighted by Crippen LogP contribution is 2.27. The molecular formula is C16H15F2NOS. The first-order chi connectivity index (χ1) is 9.99. The summed E-state index contributed by atoms with van der Waals surface area (Å²) < 4.78 is 27.4. The van der Waals surface area contributed by atoms with E-state index in [-0.39, 0.29) is 5.56 Å². The summed E-state index contributed by atoms with van der Waals surface area (Å²) in [5, 5.41) is 0. The molecule has 0 fully saturated rings. The number of amides is 1. The van der Waals surface area contributed by atoms with Crippen molar-refractivity contribution >= 4 is 17.7 Å². The largest absolute Gasteiger partial charge is 0.345 e. The summed E-state index contributed by atoms with van der Waals surface area (Å²) in [6.45, 7) is 0. The van der Waals surface area contributed by atoms with Gasteiger partial charge in [-0.05, 0) is 17.7 Å². The molecule has 0 unspecified atom stereocenters. The van der Waals surface area contributed by atoms with Gasteiger partial charge in [0.1, 0.15) is 0 Å². The van der Waals surface area contributed by atoms with Crippen LogP contribution in [0.5, 0.6) is 0 Å². The Morgan fingerprint density at radius 2 is 1.81 bits per heavy atom. The van der Waals surface area contributed by atoms with Crippen molar-refractivity contribution in [3.63, 3.8) is 0 Å². The van der Waals surface area contributed by atoms with E-state index in [0.29, 0.717) is 10.6 Å². The van der Waals surface area contributed by atoms with Gasteiger partial charge >= 0.3 is 0 Å². The molecule has 0 saturated carbocycles. The summed E-state index contributed by atoms with van der Waals surface area (Å²) in [4.78, 5) is 13.6. The summed E-state index contributed by atoms with van der Waals surface area (Å²) in [5.74, 6) is -2.02. The van der Waals surface area contributed by atoms with E-state index in [4.69, 9.17) is 0 Å². The Bertz CT molecular complexity index is 644. The van der Waals surface area contributed by atoms with Gasteiger partial charge < -0.3 is 4.90 Å². The summed E-state index contributed by atoms with van der Waals surface area (Å²) >= 11 is 1.36. The smallest absolute Gasteiger partial charge is 0.256 e. The molecule has 1 amide bonds. The molecule has 0 aliphatic heterocycles. The van der Waals surface area contributed by atoms with E-state index in [1.807, 2.05) is 30.3 Å². The minimum absolute atomic E-state index is 0.240. The first-order valence-corrected chi connectivity index (χ1v) is 7.35. The van der Waals surface area contributed by atoms with Gasteiger partial charge in [0.25, 0.3) is 5.91 Å². The van der Waals surface area contributed by atoms with Gasteiger partial charge in [-0.2, -0.15) is 0 Å². The maximum Gasteiger partial charge on any atom is 0.256 e. The molecule has 0 aliphatic carbocycles. The first kappa shape index (κ1) is 15.5. The van der Waals surface area contributed by atoms with Crippen LogP contribution in [-0.2, 0) is 5.75 Å². The molecule has 0 heterocycles. The highest BCUT2D eigenvalue weighted by molar-refractivity contribution is 7.98. The molecule has 5 heteroatoms. The molecule has 0 atom stereocenters. The number of nitrogens with zero attached hydrogens (tertiary/aromatic N) is 1. The number of carbonyl (C=O) groups is 1. The fourth-order valence-corrected chi connectivity index (χ4v) is 2.70. The average molecular weight is 307 g/mol. The molecule has 0 saturated heterocycles. The Morgan fingerprint density at radius 1 is 1.14 bits per heavy atom. The summed E-state index contributed by atoms with van der Waals surface area (Å²) in [7, 11) is 3.01. The molecule has 0 bridgehead atoms. The third kappa shape index (κ3) is 3.82. The molecule has 0 aromatic heterocycles. The van der Waals surface area contributed by atoms with Crippen LogP contribution in [0.4, 0.5) is 8.78 Å². The molecular weight excluding hydrogens is 292 g/mol. The van der Waals surface area contributed by atoms with Crippen LogP contribution in [0.1, 0.15) is 15.9 Å². The summed E-state index contributed by atoms with van der Waals surface area (Å²) in [6.07, 6.45) is 0. The van der Waals surface area contributed by atoms with Crippen LogP contribution in [-0.4, -0.2) is 24.9 Å². The fourth-order valence-electron chi connectivity index (χ4n) is 1.78. The van der Waals surface area contributed by atoms with Crippen LogP contribution in [0.2, 0.25) is 0 Å². The monoisotopic (exact) mass is 307 g/mol. The third-order valence-corrected chi connectivity index (χ3v) is 3.93. The minimum Gasteiger partial charge on any atom is -0.345 e. The van der Waals surface area contributed by atoms with Crippen molar-refractivity contribution in [1.82, 2.24) is 4.90 Å². The van der Waals surface area contributed by atoms with Crippen LogP contribution >= 0.6 is 11.8 Å². The number of halogens is 2. The zero-order valence-electron chi connectivity index (χ0n) is 11.8. The second-order valence-electron chi connectivity index (χ2n) is 4.74. The van der Waals surface area contributed by atoms with Gasteiger partial charge in [0, 0.05) is 24.7 Å². The average Bonchev–Trinajstić information content (AvgIpc) is 2.48. The number of hydrogen-bond donors (Lipinski definition) is 0. The second kappa shape index (κ2) is 6.72. The number of carbonyl (C=O) groups excluding carboxylic acids is 1. The molecule has 2 aromatic rings. The molecule has 0 spiro atoms. The topological polar surface area (TPSA) is 20.3 Å². The van der Waals surface area contributed by atoms with Crippen LogP contribution in [0.15, 0.2) is 47.4 Å². The normalized spacial score (nSPS) is 10.5. The minimum atomic E-state index is -1.10. The molecule has 0 N–H and O–H groups in total. The Kier molecular flexibility index (Phi) is 4.96. The molecule has 2 nitrogen and oxygen atoms in total. The SMILES string of the molecule is CN(C)C(=O)c1cc(SCc2ccccc2)cc(F)c1F. The van der Waals surface area contributed by atoms with Crippen molar-refractivity contribution < 1.29 is 13.6 Å². The number of hydrogen-bond acceptors (Lipinski definition) is 2. The van der Waals surface area contributed by atoms with E-state index < -0.39 is 17.5 Å². The molecule has 0 aliphatic rings. The van der Waals surface area contributed by atoms with Gasteiger partial charge in [-0.25, -0.2) is 8.78 Å². The third-order valence-electron chi connectivity index (χ3n) is 2.89. The molecule has 2 aromatic carbocycles. The second-order valence-corrected chi connectivity index (χ2v) is 5.79. The van der Waals surface area contributed by atoms with Crippen LogP contribution in [0, 0.1) is 11.6 Å². The summed E-state index contributed by atoms with van der Waals surface area (Å²) in [5.41, 5.74) is 0.836. The maximum absolute atomic E-state index is 13.7. The van der Waals surface area contributed by atoms with Crippen molar-refractivity contribution in [2.24, 2.45) is 0 Å². The van der Waals surface area contributed by atoms with Crippen molar-refractivity contribution in [1.29, 1.82) is 0 Å². The van der Waals surface area contributed by atoms with E-state index in [2.05, 4.69) is 0 Å². The van der Waals surface area contributed by atoms with Gasteiger partial charge in [0.2, 0.25) is 0 Å². The predicted octanol–water partition coefficient (Wildman–Crippen LogP) is 3.96. The lowest BCUT2D eigenvalue weighted by molar-refractivity contribution is 0.0821. The quantitative estimate of drug-likeness (QED) is 0.797. The van der Waals surface area contributed by atoms with Gasteiger partial charge in [-0.15, -0.1) is 11.8 Å². The van der Waals surface area contributed by atoms with E-state index in [1.54, 1.807) is 0 Å². The van der Waals surface area contributed by atoms with Crippen LogP contribution in [0.25, 0.3) is 0 Å². The van der Waals surface area contributed by atoms with Gasteiger partial charge in [0.15, 0.2) is 11.6 Å². The van der Waals surface area contributed by atoms with Crippen LogP contribution in [0.3, 0.4) is 0 Å². The first-order valence-electron chi connectivity index (χ1n) is 6.36. The van der Waals surface area contributed by atoms with Crippen molar-refractivity contribution in [3.8, 4) is 0 Å². The van der Waals surface area contributed by atoms with E-state index in [9.17, 15) is 13.6 Å². The fraction of sp³-hybridized carbons (Fsp3) is 0.188. The lowest BCUT2D eigenvalue weighted by Crippen LogP contribution is -2.23. The van der Waals surface area contributed by atoms with Gasteiger partial charge in [-0.1, -0.05) is 30.3 Å². The highest BCUT2D eigenvalue weighted by atomic mass is 32.2. The molecule has 21 heavy (non-hydrogen) atoms. The van der Waals surface area contributed by atoms with E-state index >= 15 is 0 Å². The van der Waals surface area contributed by atoms with Gasteiger partial charge in [0.05, 0.1) is 5.56 Å². The number of thioether (sulfide) groups is 1. The van der Waals surface area contributed by atoms with E-state index in [1.165, 1.54) is 36.8 Å². The van der Waals surface area contributed by atoms with Crippen molar-refractivity contribution in [2.45, 2.75) is 10.6 Å². The maximum atomic E-state index is 13.7. The zero-order valence-corrected chi connectivity index (χ0v) is 12.6. The zero-order chi connectivity index (χ0) is 15.4. The Morgan fingerprint density at radius 3 is 2.43 bits per heavy atom. The molecule has 2 rings (SSSR count). The highest BCUT2D eigenvalue weighted by Gasteiger charge is 2.18. The van der Waals surface area contributed by atoms with Crippen molar-refractivity contribution in [2.75, 3.05) is 14.1 Å². The van der Waals surface area contributed by atoms with Crippen molar-refractivity contribution in [3.05, 3.63) is 65.2 Å². The van der Waals surface area contributed by atoms with Crippen LogP contribution < -0.4 is 0 Å².